The number of anilines is 1. The molecule has 2 N–H and O–H groups in total. The van der Waals surface area contributed by atoms with Crippen LogP contribution < -0.4 is 15.2 Å². The predicted octanol–water partition coefficient (Wildman–Crippen LogP) is 4.86. The molecule has 0 bridgehead atoms. The van der Waals surface area contributed by atoms with Crippen LogP contribution in [0.5, 0.6) is 11.5 Å². The zero-order chi connectivity index (χ0) is 21.6. The smallest absolute Gasteiger partial charge is 0.172 e. The van der Waals surface area contributed by atoms with Crippen molar-refractivity contribution < 1.29 is 9.47 Å². The molecule has 152 valence electrons. The number of nitrogens with two attached hydrogens (primary N) is 1. The molecule has 0 saturated carbocycles. The van der Waals surface area contributed by atoms with Crippen molar-refractivity contribution in [1.82, 2.24) is 9.97 Å². The zero-order valence-corrected chi connectivity index (χ0v) is 16.9. The topological polar surface area (TPSA) is 94.0 Å². The number of hydrogen-bond donors (Lipinski definition) is 1. The molecule has 0 atom stereocenters. The number of para-hydroxylation sites is 1. The lowest BCUT2D eigenvalue weighted by Crippen LogP contribution is -2.00. The van der Waals surface area contributed by atoms with E-state index in [-0.39, 0.29) is 5.82 Å². The molecule has 0 aliphatic heterocycles. The van der Waals surface area contributed by atoms with Gasteiger partial charge in [0.15, 0.2) is 17.3 Å². The van der Waals surface area contributed by atoms with E-state index in [1.54, 1.807) is 13.2 Å². The Labute approximate surface area is 180 Å². The largest absolute Gasteiger partial charge is 0.493 e. The Balaban J connectivity index is 1.63. The standard InChI is InChI=1S/C25H20N4O2/c1-30-23-14-18(11-12-22(23)31-16-17-7-3-2-4-8-17)13-19(15-26)25-28-21-10-6-5-9-20(21)24(27)29-25/h2-14H,16H2,1H3,(H2,27,28,29)/b19-13+. The monoisotopic (exact) mass is 408 g/mol. The molecule has 1 aromatic heterocycles. The van der Waals surface area contributed by atoms with E-state index in [4.69, 9.17) is 15.2 Å². The van der Waals surface area contributed by atoms with Gasteiger partial charge in [-0.15, -0.1) is 0 Å². The van der Waals surface area contributed by atoms with Crippen molar-refractivity contribution in [3.63, 3.8) is 0 Å². The first-order valence-corrected chi connectivity index (χ1v) is 9.67. The predicted molar refractivity (Wildman–Crippen MR) is 121 cm³/mol. The minimum atomic E-state index is 0.280. The summed E-state index contributed by atoms with van der Waals surface area (Å²) in [6, 6.07) is 25.0. The number of fused-ring (bicyclic) bond motifs is 1. The van der Waals surface area contributed by atoms with Crippen molar-refractivity contribution in [2.75, 3.05) is 12.8 Å². The molecule has 4 aromatic rings. The van der Waals surface area contributed by atoms with Gasteiger partial charge in [0.2, 0.25) is 0 Å². The highest BCUT2D eigenvalue weighted by Crippen LogP contribution is 2.30. The second kappa shape index (κ2) is 8.97. The van der Waals surface area contributed by atoms with Crippen molar-refractivity contribution >= 4 is 28.4 Å². The quantitative estimate of drug-likeness (QED) is 0.458. The van der Waals surface area contributed by atoms with Gasteiger partial charge in [0, 0.05) is 5.39 Å². The fourth-order valence-electron chi connectivity index (χ4n) is 3.16. The van der Waals surface area contributed by atoms with Crippen LogP contribution in [0, 0.1) is 11.3 Å². The van der Waals surface area contributed by atoms with E-state index in [2.05, 4.69) is 16.0 Å². The first-order chi connectivity index (χ1) is 15.2. The van der Waals surface area contributed by atoms with Crippen molar-refractivity contribution in [1.29, 1.82) is 5.26 Å². The lowest BCUT2D eigenvalue weighted by Gasteiger charge is -2.11. The summed E-state index contributed by atoms with van der Waals surface area (Å²) in [5.74, 6) is 1.81. The second-order valence-corrected chi connectivity index (χ2v) is 6.80. The summed E-state index contributed by atoms with van der Waals surface area (Å²) in [5.41, 5.74) is 8.88. The maximum atomic E-state index is 9.70. The molecule has 1 heterocycles. The fraction of sp³-hybridized carbons (Fsp3) is 0.0800. The number of benzene rings is 3. The molecule has 0 unspecified atom stereocenters. The zero-order valence-electron chi connectivity index (χ0n) is 16.9. The summed E-state index contributed by atoms with van der Waals surface area (Å²) < 4.78 is 11.4. The van der Waals surface area contributed by atoms with E-state index in [9.17, 15) is 5.26 Å². The van der Waals surface area contributed by atoms with Crippen LogP contribution in [0.3, 0.4) is 0 Å². The summed E-state index contributed by atoms with van der Waals surface area (Å²) in [5, 5.41) is 10.5. The molecular weight excluding hydrogens is 388 g/mol. The molecule has 0 saturated heterocycles. The number of hydrogen-bond acceptors (Lipinski definition) is 6. The minimum Gasteiger partial charge on any atom is -0.493 e. The van der Waals surface area contributed by atoms with Gasteiger partial charge in [-0.05, 0) is 41.5 Å². The Bertz CT molecular complexity index is 1290. The van der Waals surface area contributed by atoms with E-state index in [0.29, 0.717) is 35.0 Å². The van der Waals surface area contributed by atoms with Gasteiger partial charge in [0.25, 0.3) is 0 Å². The number of methoxy groups -OCH3 is 1. The van der Waals surface area contributed by atoms with Gasteiger partial charge in [-0.3, -0.25) is 0 Å². The summed E-state index contributed by atoms with van der Waals surface area (Å²) in [7, 11) is 1.58. The Kier molecular flexibility index (Phi) is 5.77. The molecular formula is C25H20N4O2. The highest BCUT2D eigenvalue weighted by atomic mass is 16.5. The van der Waals surface area contributed by atoms with Gasteiger partial charge in [0.1, 0.15) is 18.5 Å². The lowest BCUT2D eigenvalue weighted by atomic mass is 10.1. The molecule has 3 aromatic carbocycles. The van der Waals surface area contributed by atoms with E-state index < -0.39 is 0 Å². The van der Waals surface area contributed by atoms with Crippen LogP contribution in [-0.4, -0.2) is 17.1 Å². The summed E-state index contributed by atoms with van der Waals surface area (Å²) >= 11 is 0. The SMILES string of the molecule is COc1cc(/C=C(\C#N)c2nc(N)c3ccccc3n2)ccc1OCc1ccccc1. The molecule has 0 amide bonds. The highest BCUT2D eigenvalue weighted by Gasteiger charge is 2.11. The Morgan fingerprint density at radius 3 is 2.55 bits per heavy atom. The maximum Gasteiger partial charge on any atom is 0.172 e. The summed E-state index contributed by atoms with van der Waals surface area (Å²) in [6.07, 6.45) is 1.70. The van der Waals surface area contributed by atoms with Crippen LogP contribution in [0.2, 0.25) is 0 Å². The number of rotatable bonds is 6. The van der Waals surface area contributed by atoms with Crippen molar-refractivity contribution in [3.05, 3.63) is 89.7 Å². The molecule has 0 spiro atoms. The van der Waals surface area contributed by atoms with Crippen molar-refractivity contribution in [2.45, 2.75) is 6.61 Å². The van der Waals surface area contributed by atoms with Gasteiger partial charge >= 0.3 is 0 Å². The maximum absolute atomic E-state index is 9.70. The third-order valence-electron chi connectivity index (χ3n) is 4.73. The van der Waals surface area contributed by atoms with Crippen LogP contribution >= 0.6 is 0 Å². The summed E-state index contributed by atoms with van der Waals surface area (Å²) in [4.78, 5) is 8.80. The molecule has 6 nitrogen and oxygen atoms in total. The molecule has 4 rings (SSSR count). The van der Waals surface area contributed by atoms with E-state index in [1.807, 2.05) is 72.8 Å². The van der Waals surface area contributed by atoms with Crippen LogP contribution in [0.15, 0.2) is 72.8 Å². The molecule has 0 fully saturated rings. The van der Waals surface area contributed by atoms with E-state index >= 15 is 0 Å². The highest BCUT2D eigenvalue weighted by molar-refractivity contribution is 5.93. The van der Waals surface area contributed by atoms with Crippen LogP contribution in [0.1, 0.15) is 17.0 Å². The number of ether oxygens (including phenoxy) is 2. The average Bonchev–Trinajstić information content (AvgIpc) is 2.82. The van der Waals surface area contributed by atoms with E-state index in [1.165, 1.54) is 0 Å². The molecule has 0 aliphatic rings. The second-order valence-electron chi connectivity index (χ2n) is 6.80. The molecule has 0 aliphatic carbocycles. The molecule has 6 heteroatoms. The fourth-order valence-corrected chi connectivity index (χ4v) is 3.16. The number of nitrogen functional groups attached to an aromatic ring is 1. The Hall–Kier alpha value is -4.37. The van der Waals surface area contributed by atoms with Gasteiger partial charge in [0.05, 0.1) is 18.2 Å². The third kappa shape index (κ3) is 4.46. The van der Waals surface area contributed by atoms with Crippen molar-refractivity contribution in [3.8, 4) is 17.6 Å². The Morgan fingerprint density at radius 2 is 1.77 bits per heavy atom. The number of nitriles is 1. The average molecular weight is 408 g/mol. The third-order valence-corrected chi connectivity index (χ3v) is 4.73. The minimum absolute atomic E-state index is 0.280. The van der Waals surface area contributed by atoms with E-state index in [0.717, 1.165) is 16.5 Å². The first-order valence-electron chi connectivity index (χ1n) is 9.67. The van der Waals surface area contributed by atoms with Crippen molar-refractivity contribution in [2.24, 2.45) is 0 Å². The molecule has 0 radical (unpaired) electrons. The first kappa shape index (κ1) is 19.9. The van der Waals surface area contributed by atoms with Crippen LogP contribution in [0.25, 0.3) is 22.6 Å². The van der Waals surface area contributed by atoms with Crippen LogP contribution in [-0.2, 0) is 6.61 Å². The number of nitrogens with zero attached hydrogens (tertiary/aromatic N) is 3. The van der Waals surface area contributed by atoms with Gasteiger partial charge in [-0.25, -0.2) is 9.97 Å². The van der Waals surface area contributed by atoms with Gasteiger partial charge in [-0.1, -0.05) is 48.5 Å². The summed E-state index contributed by atoms with van der Waals surface area (Å²) in [6.45, 7) is 0.431. The lowest BCUT2D eigenvalue weighted by molar-refractivity contribution is 0.284. The van der Waals surface area contributed by atoms with Gasteiger partial charge in [-0.2, -0.15) is 5.26 Å². The number of allylic oxidation sites excluding steroid dienone is 1. The number of aromatic nitrogens is 2. The van der Waals surface area contributed by atoms with Crippen LogP contribution in [0.4, 0.5) is 5.82 Å². The Morgan fingerprint density at radius 1 is 1.00 bits per heavy atom. The molecule has 31 heavy (non-hydrogen) atoms. The normalized spacial score (nSPS) is 11.2. The van der Waals surface area contributed by atoms with Gasteiger partial charge < -0.3 is 15.2 Å².